The summed E-state index contributed by atoms with van der Waals surface area (Å²) in [4.78, 5) is 0.480. The Morgan fingerprint density at radius 3 is 2.57 bits per heavy atom. The maximum Gasteiger partial charge on any atom is 0.186 e. The van der Waals surface area contributed by atoms with Crippen LogP contribution in [0.15, 0.2) is 0 Å². The largest absolute Gasteiger partial charge is 0.623 e. The zero-order chi connectivity index (χ0) is 10.7. The van der Waals surface area contributed by atoms with Gasteiger partial charge in [0, 0.05) is 0 Å². The van der Waals surface area contributed by atoms with Crippen molar-refractivity contribution in [3.05, 3.63) is 5.21 Å². The molecule has 0 bridgehead atoms. The first kappa shape index (κ1) is 12.1. The Balaban J connectivity index is 2.57. The monoisotopic (exact) mass is 227 g/mol. The van der Waals surface area contributed by atoms with Gasteiger partial charge >= 0.3 is 0 Å². The molecule has 1 heterocycles. The Labute approximate surface area is 84.4 Å². The van der Waals surface area contributed by atoms with Crippen LogP contribution in [0.4, 0.5) is 0 Å². The molecule has 0 amide bonds. The zero-order valence-corrected chi connectivity index (χ0v) is 8.00. The summed E-state index contributed by atoms with van der Waals surface area (Å²) in [5.41, 5.74) is -0.895. The average molecular weight is 227 g/mol. The van der Waals surface area contributed by atoms with E-state index >= 15 is 0 Å². The van der Waals surface area contributed by atoms with Crippen LogP contribution in [0.3, 0.4) is 0 Å². The SMILES string of the molecule is [O-][NH2+]SC1O[C@H]([C@H](O)CO)[C@H](O)[C@H]1O. The molecule has 1 aliphatic heterocycles. The minimum Gasteiger partial charge on any atom is -0.623 e. The molecule has 5 atom stereocenters. The first-order chi connectivity index (χ1) is 6.61. The zero-order valence-electron chi connectivity index (χ0n) is 7.18. The highest BCUT2D eigenvalue weighted by Gasteiger charge is 2.47. The lowest BCUT2D eigenvalue weighted by molar-refractivity contribution is -0.400. The minimum atomic E-state index is -1.30. The van der Waals surface area contributed by atoms with Crippen LogP contribution in [0, 0.1) is 5.21 Å². The van der Waals surface area contributed by atoms with Crippen molar-refractivity contribution in [2.24, 2.45) is 0 Å². The highest BCUT2D eigenvalue weighted by atomic mass is 32.2. The number of quaternary nitrogens is 1. The summed E-state index contributed by atoms with van der Waals surface area (Å²) in [6.45, 7) is -0.576. The first-order valence-corrected chi connectivity index (χ1v) is 4.95. The second-order valence-corrected chi connectivity index (χ2v) is 3.86. The molecule has 14 heavy (non-hydrogen) atoms. The van der Waals surface area contributed by atoms with E-state index in [-0.39, 0.29) is 0 Å². The van der Waals surface area contributed by atoms with Gasteiger partial charge in [-0.2, -0.15) is 0 Å². The van der Waals surface area contributed by atoms with Gasteiger partial charge in [-0.25, -0.2) is 0 Å². The van der Waals surface area contributed by atoms with Crippen LogP contribution in [0.2, 0.25) is 0 Å². The van der Waals surface area contributed by atoms with Gasteiger partial charge in [0.25, 0.3) is 0 Å². The van der Waals surface area contributed by atoms with Crippen LogP contribution >= 0.6 is 11.9 Å². The molecule has 6 N–H and O–H groups in total. The number of aliphatic hydroxyl groups is 4. The quantitative estimate of drug-likeness (QED) is 0.249. The summed E-state index contributed by atoms with van der Waals surface area (Å²) in [6.07, 6.45) is -4.87. The molecule has 1 fully saturated rings. The molecule has 1 rings (SSSR count). The van der Waals surface area contributed by atoms with Gasteiger partial charge in [-0.05, 0) is 0 Å². The van der Waals surface area contributed by atoms with Crippen molar-refractivity contribution in [2.75, 3.05) is 6.61 Å². The van der Waals surface area contributed by atoms with Crippen LogP contribution < -0.4 is 4.89 Å². The van der Waals surface area contributed by atoms with Crippen LogP contribution in [0.5, 0.6) is 0 Å². The third-order valence-electron chi connectivity index (χ3n) is 2.01. The number of rotatable bonds is 4. The van der Waals surface area contributed by atoms with Crippen molar-refractivity contribution < 1.29 is 30.0 Å². The van der Waals surface area contributed by atoms with Gasteiger partial charge in [-0.15, -0.1) is 0 Å². The van der Waals surface area contributed by atoms with E-state index in [4.69, 9.17) is 9.84 Å². The molecule has 1 saturated heterocycles. The van der Waals surface area contributed by atoms with Gasteiger partial charge in [0.15, 0.2) is 5.44 Å². The molecule has 0 radical (unpaired) electrons. The summed E-state index contributed by atoms with van der Waals surface area (Å²) in [7, 11) is 0. The van der Waals surface area contributed by atoms with Crippen molar-refractivity contribution in [1.29, 1.82) is 0 Å². The van der Waals surface area contributed by atoms with E-state index in [9.17, 15) is 20.5 Å². The Kier molecular flexibility index (Phi) is 4.54. The lowest BCUT2D eigenvalue weighted by Gasteiger charge is -2.18. The molecule has 0 spiro atoms. The van der Waals surface area contributed by atoms with E-state index in [1.54, 1.807) is 0 Å². The Hall–Kier alpha value is 0.0700. The second-order valence-electron chi connectivity index (χ2n) is 2.93. The fraction of sp³-hybridized carbons (Fsp3) is 1.00. The Bertz CT molecular complexity index is 182. The highest BCUT2D eigenvalue weighted by molar-refractivity contribution is 7.93. The molecule has 0 aromatic rings. The van der Waals surface area contributed by atoms with Gasteiger partial charge in [0.1, 0.15) is 36.4 Å². The highest BCUT2D eigenvalue weighted by Crippen LogP contribution is 2.27. The molecular weight excluding hydrogens is 214 g/mol. The van der Waals surface area contributed by atoms with Crippen LogP contribution in [0.25, 0.3) is 0 Å². The predicted octanol–water partition coefficient (Wildman–Crippen LogP) is -3.50. The van der Waals surface area contributed by atoms with E-state index in [1.165, 1.54) is 0 Å². The maximum atomic E-state index is 10.1. The normalized spacial score (nSPS) is 40.1. The third kappa shape index (κ3) is 2.35. The molecule has 1 aliphatic rings. The molecule has 7 nitrogen and oxygen atoms in total. The fourth-order valence-corrected chi connectivity index (χ4v) is 1.88. The summed E-state index contributed by atoms with van der Waals surface area (Å²) in [6, 6.07) is 0. The van der Waals surface area contributed by atoms with Crippen molar-refractivity contribution in [3.63, 3.8) is 0 Å². The summed E-state index contributed by atoms with van der Waals surface area (Å²) in [5.74, 6) is 0. The van der Waals surface area contributed by atoms with E-state index in [0.717, 1.165) is 0 Å². The van der Waals surface area contributed by atoms with Crippen LogP contribution in [-0.2, 0) is 4.74 Å². The number of ether oxygens (including phenoxy) is 1. The number of hydrogen-bond acceptors (Lipinski definition) is 7. The van der Waals surface area contributed by atoms with E-state index < -0.39 is 36.5 Å². The molecule has 0 aliphatic carbocycles. The molecule has 8 heteroatoms. The van der Waals surface area contributed by atoms with Gasteiger partial charge < -0.3 is 35.3 Å². The van der Waals surface area contributed by atoms with E-state index in [0.29, 0.717) is 16.8 Å². The Morgan fingerprint density at radius 2 is 2.07 bits per heavy atom. The van der Waals surface area contributed by atoms with Gasteiger partial charge in [0.05, 0.1) is 6.61 Å². The minimum absolute atomic E-state index is 0.480. The van der Waals surface area contributed by atoms with Gasteiger partial charge in [-0.1, -0.05) is 0 Å². The standard InChI is InChI=1S/C6H13NO6S/c8-1-2(9)5-3(10)4(11)6(13-5)14-7-12/h2-6,8-11H,1,7H2/t2-,3-,4-,5-,6?/m1/s1. The van der Waals surface area contributed by atoms with E-state index in [1.807, 2.05) is 0 Å². The smallest absolute Gasteiger partial charge is 0.186 e. The van der Waals surface area contributed by atoms with Crippen molar-refractivity contribution in [2.45, 2.75) is 29.9 Å². The average Bonchev–Trinajstić information content (AvgIpc) is 2.46. The topological polar surface area (TPSA) is 130 Å². The van der Waals surface area contributed by atoms with Crippen molar-refractivity contribution in [1.82, 2.24) is 0 Å². The molecule has 0 aromatic heterocycles. The molecule has 1 unspecified atom stereocenters. The lowest BCUT2D eigenvalue weighted by Crippen LogP contribution is -2.69. The molecule has 84 valence electrons. The fourth-order valence-electron chi connectivity index (χ4n) is 1.26. The number of aliphatic hydroxyl groups excluding tert-OH is 4. The maximum absolute atomic E-state index is 10.1. The van der Waals surface area contributed by atoms with Gasteiger partial charge in [0.2, 0.25) is 0 Å². The first-order valence-electron chi connectivity index (χ1n) is 4.01. The summed E-state index contributed by atoms with van der Waals surface area (Å²) < 4.78 is 5.00. The van der Waals surface area contributed by atoms with Crippen molar-refractivity contribution in [3.8, 4) is 0 Å². The number of nitrogens with two attached hydrogens (primary N) is 1. The van der Waals surface area contributed by atoms with Crippen molar-refractivity contribution >= 4 is 11.9 Å². The Morgan fingerprint density at radius 1 is 1.43 bits per heavy atom. The summed E-state index contributed by atoms with van der Waals surface area (Å²) in [5, 5.41) is 46.7. The van der Waals surface area contributed by atoms with E-state index in [2.05, 4.69) is 0 Å². The lowest BCUT2D eigenvalue weighted by atomic mass is 10.1. The van der Waals surface area contributed by atoms with Gasteiger partial charge in [-0.3, -0.25) is 0 Å². The second kappa shape index (κ2) is 5.24. The molecule has 0 aromatic carbocycles. The number of hydrogen-bond donors (Lipinski definition) is 5. The third-order valence-corrected chi connectivity index (χ3v) is 2.78. The predicted molar refractivity (Wildman–Crippen MR) is 46.7 cm³/mol. The molecule has 0 saturated carbocycles. The molecular formula is C6H13NO6S. The van der Waals surface area contributed by atoms with Crippen LogP contribution in [0.1, 0.15) is 0 Å². The van der Waals surface area contributed by atoms with Crippen LogP contribution in [-0.4, -0.2) is 56.9 Å². The summed E-state index contributed by atoms with van der Waals surface area (Å²) >= 11 is 0.677.